The van der Waals surface area contributed by atoms with Crippen LogP contribution in [0.1, 0.15) is 43.0 Å². The van der Waals surface area contributed by atoms with Gasteiger partial charge in [0.1, 0.15) is 17.3 Å². The summed E-state index contributed by atoms with van der Waals surface area (Å²) in [5.74, 6) is -0.706. The normalized spacial score (nSPS) is 21.9. The molecule has 0 aromatic heterocycles. The van der Waals surface area contributed by atoms with Gasteiger partial charge in [0.2, 0.25) is 0 Å². The molecule has 1 saturated carbocycles. The molecular formula is C16H22F2N2O. The van der Waals surface area contributed by atoms with Gasteiger partial charge in [-0.25, -0.2) is 8.78 Å². The van der Waals surface area contributed by atoms with Gasteiger partial charge in [-0.15, -0.1) is 0 Å². The molecule has 3 nitrogen and oxygen atoms in total. The van der Waals surface area contributed by atoms with E-state index in [9.17, 15) is 13.6 Å². The summed E-state index contributed by atoms with van der Waals surface area (Å²) in [5.41, 5.74) is -0.194. The van der Waals surface area contributed by atoms with Crippen molar-refractivity contribution in [3.8, 4) is 0 Å². The second-order valence-electron chi connectivity index (χ2n) is 5.90. The third-order valence-corrected chi connectivity index (χ3v) is 4.24. The van der Waals surface area contributed by atoms with Crippen molar-refractivity contribution in [1.82, 2.24) is 5.32 Å². The summed E-state index contributed by atoms with van der Waals surface area (Å²) in [6.45, 7) is 2.81. The Morgan fingerprint density at radius 2 is 1.76 bits per heavy atom. The lowest BCUT2D eigenvalue weighted by atomic mass is 9.83. The molecule has 0 aliphatic heterocycles. The Morgan fingerprint density at radius 1 is 1.19 bits per heavy atom. The Balaban J connectivity index is 1.94. The molecule has 1 fully saturated rings. The Hall–Kier alpha value is -1.65. The first kappa shape index (κ1) is 15.7. The lowest BCUT2D eigenvalue weighted by Crippen LogP contribution is -2.31. The fourth-order valence-corrected chi connectivity index (χ4v) is 2.82. The summed E-state index contributed by atoms with van der Waals surface area (Å²) in [5, 5.41) is 5.22. The van der Waals surface area contributed by atoms with Gasteiger partial charge in [-0.3, -0.25) is 4.79 Å². The first-order valence-electron chi connectivity index (χ1n) is 7.46. The topological polar surface area (TPSA) is 41.1 Å². The summed E-state index contributed by atoms with van der Waals surface area (Å²) in [6.07, 6.45) is 4.56. The molecule has 0 atom stereocenters. The van der Waals surface area contributed by atoms with Crippen LogP contribution in [-0.2, 0) is 0 Å². The smallest absolute Gasteiger partial charge is 0.251 e. The summed E-state index contributed by atoms with van der Waals surface area (Å²) < 4.78 is 27.3. The zero-order valence-electron chi connectivity index (χ0n) is 12.5. The van der Waals surface area contributed by atoms with Gasteiger partial charge < -0.3 is 10.6 Å². The molecule has 1 aliphatic rings. The highest BCUT2D eigenvalue weighted by Gasteiger charge is 2.20. The molecule has 1 aromatic carbocycles. The Morgan fingerprint density at radius 3 is 2.29 bits per heavy atom. The summed E-state index contributed by atoms with van der Waals surface area (Å²) in [4.78, 5) is 12.0. The predicted octanol–water partition coefficient (Wildman–Crippen LogP) is 3.56. The lowest BCUT2D eigenvalue weighted by molar-refractivity contribution is 0.0941. The third kappa shape index (κ3) is 3.93. The number of hydrogen-bond acceptors (Lipinski definition) is 2. The van der Waals surface area contributed by atoms with Gasteiger partial charge in [-0.05, 0) is 36.8 Å². The van der Waals surface area contributed by atoms with Crippen molar-refractivity contribution in [1.29, 1.82) is 0 Å². The van der Waals surface area contributed by atoms with Crippen molar-refractivity contribution in [2.45, 2.75) is 32.6 Å². The zero-order chi connectivity index (χ0) is 15.4. The first-order valence-corrected chi connectivity index (χ1v) is 7.46. The van der Waals surface area contributed by atoms with Crippen molar-refractivity contribution in [2.75, 3.05) is 18.9 Å². The standard InChI is InChI=1S/C16H22F2N2O/c1-10-3-5-11(6-4-10)9-20-16(21)12-7-13(17)15(19-2)14(18)8-12/h7-8,10-11,19H,3-6,9H2,1-2H3,(H,20,21). The highest BCUT2D eigenvalue weighted by Crippen LogP contribution is 2.27. The van der Waals surface area contributed by atoms with Crippen LogP contribution < -0.4 is 10.6 Å². The van der Waals surface area contributed by atoms with Gasteiger partial charge >= 0.3 is 0 Å². The molecule has 21 heavy (non-hydrogen) atoms. The van der Waals surface area contributed by atoms with Crippen LogP contribution in [0.15, 0.2) is 12.1 Å². The lowest BCUT2D eigenvalue weighted by Gasteiger charge is -2.26. The van der Waals surface area contributed by atoms with E-state index in [0.717, 1.165) is 30.9 Å². The minimum Gasteiger partial charge on any atom is -0.383 e. The van der Waals surface area contributed by atoms with Crippen LogP contribution >= 0.6 is 0 Å². The van der Waals surface area contributed by atoms with E-state index in [0.29, 0.717) is 12.5 Å². The van der Waals surface area contributed by atoms with E-state index in [2.05, 4.69) is 17.6 Å². The molecule has 1 amide bonds. The van der Waals surface area contributed by atoms with Crippen LogP contribution in [0.25, 0.3) is 0 Å². The number of carbonyl (C=O) groups excluding carboxylic acids is 1. The SMILES string of the molecule is CNc1c(F)cc(C(=O)NCC2CCC(C)CC2)cc1F. The molecule has 5 heteroatoms. The van der Waals surface area contributed by atoms with Gasteiger partial charge in [0.25, 0.3) is 5.91 Å². The number of nitrogens with one attached hydrogen (secondary N) is 2. The van der Waals surface area contributed by atoms with Gasteiger partial charge in [0, 0.05) is 19.2 Å². The van der Waals surface area contributed by atoms with Crippen molar-refractivity contribution < 1.29 is 13.6 Å². The summed E-state index contributed by atoms with van der Waals surface area (Å²) >= 11 is 0. The van der Waals surface area contributed by atoms with Gasteiger partial charge in [-0.2, -0.15) is 0 Å². The minimum absolute atomic E-state index is 0.0215. The van der Waals surface area contributed by atoms with Crippen molar-refractivity contribution in [2.24, 2.45) is 11.8 Å². The first-order chi connectivity index (χ1) is 10.0. The van der Waals surface area contributed by atoms with E-state index in [-0.39, 0.29) is 11.3 Å². The summed E-state index contributed by atoms with van der Waals surface area (Å²) in [6, 6.07) is 2.13. The van der Waals surface area contributed by atoms with Crippen LogP contribution in [0.5, 0.6) is 0 Å². The molecule has 1 aliphatic carbocycles. The van der Waals surface area contributed by atoms with Crippen LogP contribution in [0.2, 0.25) is 0 Å². The van der Waals surface area contributed by atoms with E-state index in [1.807, 2.05) is 0 Å². The molecule has 0 unspecified atom stereocenters. The molecule has 0 spiro atoms. The summed E-state index contributed by atoms with van der Waals surface area (Å²) in [7, 11) is 1.44. The molecular weight excluding hydrogens is 274 g/mol. The van der Waals surface area contributed by atoms with Crippen LogP contribution in [0, 0.1) is 23.5 Å². The van der Waals surface area contributed by atoms with Gasteiger partial charge in [0.05, 0.1) is 0 Å². The second-order valence-corrected chi connectivity index (χ2v) is 5.90. The van der Waals surface area contributed by atoms with E-state index in [1.165, 1.54) is 19.9 Å². The molecule has 0 saturated heterocycles. The van der Waals surface area contributed by atoms with Gasteiger partial charge in [-0.1, -0.05) is 19.8 Å². The Bertz CT molecular complexity index is 488. The average molecular weight is 296 g/mol. The third-order valence-electron chi connectivity index (χ3n) is 4.24. The maximum Gasteiger partial charge on any atom is 0.251 e. The van der Waals surface area contributed by atoms with E-state index in [4.69, 9.17) is 0 Å². The zero-order valence-corrected chi connectivity index (χ0v) is 12.5. The fraction of sp³-hybridized carbons (Fsp3) is 0.562. The molecule has 0 bridgehead atoms. The van der Waals surface area contributed by atoms with E-state index < -0.39 is 17.5 Å². The van der Waals surface area contributed by atoms with Crippen molar-refractivity contribution in [3.63, 3.8) is 0 Å². The number of benzene rings is 1. The molecule has 1 aromatic rings. The maximum atomic E-state index is 13.6. The van der Waals surface area contributed by atoms with Crippen molar-refractivity contribution in [3.05, 3.63) is 29.3 Å². The number of anilines is 1. The average Bonchev–Trinajstić information content (AvgIpc) is 2.46. The molecule has 0 radical (unpaired) electrons. The highest BCUT2D eigenvalue weighted by molar-refractivity contribution is 5.94. The number of carbonyl (C=O) groups is 1. The molecule has 2 N–H and O–H groups in total. The number of amides is 1. The number of halogens is 2. The second kappa shape index (κ2) is 6.87. The van der Waals surface area contributed by atoms with Crippen LogP contribution in [0.3, 0.4) is 0 Å². The fourth-order valence-electron chi connectivity index (χ4n) is 2.82. The largest absolute Gasteiger partial charge is 0.383 e. The Kier molecular flexibility index (Phi) is 5.15. The minimum atomic E-state index is -0.755. The van der Waals surface area contributed by atoms with Crippen LogP contribution in [-0.4, -0.2) is 19.5 Å². The number of rotatable bonds is 4. The van der Waals surface area contributed by atoms with Gasteiger partial charge in [0.15, 0.2) is 0 Å². The molecule has 2 rings (SSSR count). The quantitative estimate of drug-likeness (QED) is 0.892. The number of hydrogen-bond donors (Lipinski definition) is 2. The highest BCUT2D eigenvalue weighted by atomic mass is 19.1. The van der Waals surface area contributed by atoms with E-state index in [1.54, 1.807) is 0 Å². The molecule has 0 heterocycles. The predicted molar refractivity (Wildman–Crippen MR) is 79.4 cm³/mol. The maximum absolute atomic E-state index is 13.6. The van der Waals surface area contributed by atoms with Crippen LogP contribution in [0.4, 0.5) is 14.5 Å². The van der Waals surface area contributed by atoms with Crippen molar-refractivity contribution >= 4 is 11.6 Å². The molecule has 116 valence electrons. The van der Waals surface area contributed by atoms with E-state index >= 15 is 0 Å². The monoisotopic (exact) mass is 296 g/mol. The Labute approximate surface area is 124 Å².